The molecule has 0 spiro atoms. The van der Waals surface area contributed by atoms with Crippen molar-refractivity contribution in [3.05, 3.63) is 33.1 Å². The molecule has 17 heteroatoms. The lowest BCUT2D eigenvalue weighted by Gasteiger charge is -2.31. The maximum Gasteiger partial charge on any atom is 0.330 e. The Balaban J connectivity index is 2.00. The van der Waals surface area contributed by atoms with Crippen molar-refractivity contribution in [2.45, 2.75) is 31.0 Å². The molecule has 1 saturated heterocycles. The molecular formula is C12H15N3O12P2-2. The number of aliphatic hydroxyl groups is 2. The average Bonchev–Trinajstić information content (AvgIpc) is 2.87. The predicted octanol–water partition coefficient (Wildman–Crippen LogP) is -2.94. The van der Waals surface area contributed by atoms with Crippen molar-refractivity contribution in [2.75, 3.05) is 13.2 Å². The Labute approximate surface area is 161 Å². The molecule has 6 atom stereocenters. The van der Waals surface area contributed by atoms with Crippen molar-refractivity contribution in [3.8, 4) is 6.07 Å². The van der Waals surface area contributed by atoms with Crippen LogP contribution in [0.4, 0.5) is 0 Å². The standard InChI is InChI=1S/C12H17N3O12P2/c13-3-1-5-24-28(20,21)27-29(22,23)25-6-7-9(17)10(18)11(26-7)15-4-2-8(16)14-12(15)19/h2,4,7,9-11,17-18H,1,5-6H2,(H,20,21)(H,22,23)(H,14,16,19)/p-2/t7-,9-,10-,11-/m1/s1. The molecule has 3 N–H and O–H groups in total. The molecule has 0 amide bonds. The number of rotatable bonds is 9. The van der Waals surface area contributed by atoms with Gasteiger partial charge in [0.05, 0.1) is 25.7 Å². The SMILES string of the molecule is N#CCCOP(=O)([O-])OP(=O)([O-])OC[C@H]1O[C@@H](n2ccc(=O)[nH]c2=O)[C@H](O)[C@@H]1O. The molecule has 0 bridgehead atoms. The summed E-state index contributed by atoms with van der Waals surface area (Å²) < 4.78 is 41.2. The van der Waals surface area contributed by atoms with Gasteiger partial charge in [-0.05, 0) is 0 Å². The number of aromatic amines is 1. The van der Waals surface area contributed by atoms with Gasteiger partial charge in [0.1, 0.15) is 18.3 Å². The van der Waals surface area contributed by atoms with E-state index in [9.17, 15) is 38.7 Å². The van der Waals surface area contributed by atoms with E-state index >= 15 is 0 Å². The number of nitriles is 1. The highest BCUT2D eigenvalue weighted by atomic mass is 31.3. The Morgan fingerprint density at radius 2 is 1.90 bits per heavy atom. The number of H-pyrrole nitrogens is 1. The van der Waals surface area contributed by atoms with Crippen LogP contribution in [0.25, 0.3) is 0 Å². The van der Waals surface area contributed by atoms with Gasteiger partial charge in [-0.1, -0.05) is 0 Å². The molecule has 0 aliphatic carbocycles. The Bertz CT molecular complexity index is 970. The van der Waals surface area contributed by atoms with Crippen molar-refractivity contribution >= 4 is 15.6 Å². The summed E-state index contributed by atoms with van der Waals surface area (Å²) in [5.41, 5.74) is -1.68. The summed E-state index contributed by atoms with van der Waals surface area (Å²) in [4.78, 5) is 47.7. The van der Waals surface area contributed by atoms with Gasteiger partial charge in [-0.3, -0.25) is 23.5 Å². The molecule has 1 fully saturated rings. The van der Waals surface area contributed by atoms with Crippen molar-refractivity contribution < 1.29 is 47.2 Å². The topological polar surface area (TPSA) is 236 Å². The van der Waals surface area contributed by atoms with E-state index in [0.29, 0.717) is 0 Å². The number of hydrogen-bond acceptors (Lipinski definition) is 13. The molecule has 29 heavy (non-hydrogen) atoms. The summed E-state index contributed by atoms with van der Waals surface area (Å²) in [7, 11) is -10.8. The molecule has 0 saturated carbocycles. The largest absolute Gasteiger partial charge is 0.756 e. The van der Waals surface area contributed by atoms with Crippen LogP contribution in [0, 0.1) is 11.3 Å². The van der Waals surface area contributed by atoms with E-state index in [4.69, 9.17) is 10.00 Å². The van der Waals surface area contributed by atoms with Gasteiger partial charge >= 0.3 is 5.69 Å². The minimum Gasteiger partial charge on any atom is -0.756 e. The fourth-order valence-corrected chi connectivity index (χ4v) is 4.26. The van der Waals surface area contributed by atoms with Gasteiger partial charge < -0.3 is 33.8 Å². The van der Waals surface area contributed by atoms with E-state index < -0.39 is 64.6 Å². The normalized spacial score (nSPS) is 28.4. The molecule has 1 aliphatic heterocycles. The van der Waals surface area contributed by atoms with Gasteiger partial charge in [-0.15, -0.1) is 0 Å². The molecule has 2 rings (SSSR count). The van der Waals surface area contributed by atoms with Gasteiger partial charge in [0.15, 0.2) is 6.23 Å². The van der Waals surface area contributed by atoms with Crippen molar-refractivity contribution in [1.82, 2.24) is 9.55 Å². The second-order valence-corrected chi connectivity index (χ2v) is 8.54. The van der Waals surface area contributed by atoms with Crippen LogP contribution in [0.15, 0.2) is 21.9 Å². The molecule has 162 valence electrons. The van der Waals surface area contributed by atoms with Crippen molar-refractivity contribution in [2.24, 2.45) is 0 Å². The van der Waals surface area contributed by atoms with E-state index in [2.05, 4.69) is 13.4 Å². The number of aromatic nitrogens is 2. The minimum atomic E-state index is -5.49. The number of phosphoric ester groups is 2. The van der Waals surface area contributed by atoms with Crippen LogP contribution in [0.3, 0.4) is 0 Å². The molecule has 15 nitrogen and oxygen atoms in total. The first-order chi connectivity index (χ1) is 13.5. The number of hydrogen-bond donors (Lipinski definition) is 3. The third-order valence-electron chi connectivity index (χ3n) is 3.52. The highest BCUT2D eigenvalue weighted by Crippen LogP contribution is 2.55. The zero-order valence-corrected chi connectivity index (χ0v) is 16.1. The number of nitrogens with one attached hydrogen (secondary N) is 1. The maximum absolute atomic E-state index is 11.8. The summed E-state index contributed by atoms with van der Waals surface area (Å²) in [5.74, 6) is 0. The summed E-state index contributed by atoms with van der Waals surface area (Å²) >= 11 is 0. The lowest BCUT2D eigenvalue weighted by Crippen LogP contribution is -2.37. The molecule has 1 aromatic heterocycles. The van der Waals surface area contributed by atoms with Crippen LogP contribution in [-0.2, 0) is 27.2 Å². The second-order valence-electron chi connectivity index (χ2n) is 5.58. The fraction of sp³-hybridized carbons (Fsp3) is 0.583. The molecule has 0 radical (unpaired) electrons. The molecular weight excluding hydrogens is 440 g/mol. The molecule has 1 aromatic rings. The van der Waals surface area contributed by atoms with Crippen LogP contribution in [0.5, 0.6) is 0 Å². The monoisotopic (exact) mass is 455 g/mol. The van der Waals surface area contributed by atoms with Crippen LogP contribution >= 0.6 is 15.6 Å². The zero-order valence-electron chi connectivity index (χ0n) is 14.4. The quantitative estimate of drug-likeness (QED) is 0.250. The summed E-state index contributed by atoms with van der Waals surface area (Å²) in [6.45, 7) is -1.62. The van der Waals surface area contributed by atoms with Crippen molar-refractivity contribution in [3.63, 3.8) is 0 Å². The van der Waals surface area contributed by atoms with Gasteiger partial charge in [-0.25, -0.2) is 9.11 Å². The molecule has 2 unspecified atom stereocenters. The van der Waals surface area contributed by atoms with Crippen LogP contribution in [-0.4, -0.2) is 51.3 Å². The zero-order chi connectivity index (χ0) is 21.8. The molecule has 1 aliphatic rings. The van der Waals surface area contributed by atoms with E-state index in [0.717, 1.165) is 16.8 Å². The maximum atomic E-state index is 11.8. The lowest BCUT2D eigenvalue weighted by molar-refractivity contribution is -0.245. The number of phosphoric acid groups is 2. The smallest absolute Gasteiger partial charge is 0.330 e. The van der Waals surface area contributed by atoms with Gasteiger partial charge in [0.25, 0.3) is 21.2 Å². The third-order valence-corrected chi connectivity index (χ3v) is 6.09. The number of ether oxygens (including phenoxy) is 1. The summed E-state index contributed by atoms with van der Waals surface area (Å²) in [6.07, 6.45) is -5.80. The second kappa shape index (κ2) is 9.41. The Morgan fingerprint density at radius 3 is 2.52 bits per heavy atom. The average molecular weight is 455 g/mol. The first-order valence-corrected chi connectivity index (χ1v) is 10.7. The highest BCUT2D eigenvalue weighted by Gasteiger charge is 2.44. The van der Waals surface area contributed by atoms with E-state index in [1.54, 1.807) is 6.07 Å². The Kier molecular flexibility index (Phi) is 7.66. The van der Waals surface area contributed by atoms with E-state index in [1.165, 1.54) is 0 Å². The Morgan fingerprint density at radius 1 is 1.24 bits per heavy atom. The highest BCUT2D eigenvalue weighted by molar-refractivity contribution is 7.59. The van der Waals surface area contributed by atoms with Crippen LogP contribution < -0.4 is 21.0 Å². The molecule has 0 aromatic carbocycles. The van der Waals surface area contributed by atoms with E-state index in [1.807, 2.05) is 4.98 Å². The van der Waals surface area contributed by atoms with Gasteiger partial charge in [-0.2, -0.15) is 5.26 Å². The van der Waals surface area contributed by atoms with Crippen LogP contribution in [0.2, 0.25) is 0 Å². The molecule has 2 heterocycles. The van der Waals surface area contributed by atoms with Crippen LogP contribution in [0.1, 0.15) is 12.6 Å². The van der Waals surface area contributed by atoms with E-state index in [-0.39, 0.29) is 6.42 Å². The lowest BCUT2D eigenvalue weighted by atomic mass is 10.1. The number of aliphatic hydroxyl groups excluding tert-OH is 2. The summed E-state index contributed by atoms with van der Waals surface area (Å²) in [5, 5.41) is 28.3. The predicted molar refractivity (Wildman–Crippen MR) is 85.7 cm³/mol. The van der Waals surface area contributed by atoms with Crippen molar-refractivity contribution in [1.29, 1.82) is 5.26 Å². The Hall–Kier alpha value is -1.69. The first kappa shape index (κ1) is 23.6. The fourth-order valence-electron chi connectivity index (χ4n) is 2.26. The van der Waals surface area contributed by atoms with Gasteiger partial charge in [0.2, 0.25) is 0 Å². The minimum absolute atomic E-state index is 0.342. The first-order valence-electron chi connectivity index (χ1n) is 7.78. The summed E-state index contributed by atoms with van der Waals surface area (Å²) in [6, 6.07) is 2.52. The third kappa shape index (κ3) is 6.39. The number of nitrogens with zero attached hydrogens (tertiary/aromatic N) is 2. The van der Waals surface area contributed by atoms with Gasteiger partial charge in [0, 0.05) is 12.3 Å².